The Morgan fingerprint density at radius 1 is 1.45 bits per heavy atom. The monoisotopic (exact) mass is 211 g/mol. The molecule has 0 aromatic carbocycles. The molecule has 0 amide bonds. The first kappa shape index (κ1) is 8.14. The fraction of sp³-hybridized carbons (Fsp3) is 0. The van der Waals surface area contributed by atoms with Crippen molar-refractivity contribution in [3.05, 3.63) is 34.6 Å². The van der Waals surface area contributed by atoms with Gasteiger partial charge in [0.05, 0.1) is 0 Å². The van der Waals surface area contributed by atoms with E-state index in [4.69, 9.17) is 0 Å². The third kappa shape index (κ3) is 2.63. The summed E-state index contributed by atoms with van der Waals surface area (Å²) in [7, 11) is 0. The van der Waals surface area contributed by atoms with E-state index in [1.54, 1.807) is 12.3 Å². The fourth-order valence-corrected chi connectivity index (χ4v) is 0.871. The third-order valence-corrected chi connectivity index (χ3v) is 1.59. The molecule has 0 spiro atoms. The van der Waals surface area contributed by atoms with Crippen molar-refractivity contribution in [1.82, 2.24) is 4.98 Å². The Balaban J connectivity index is 2.81. The molecule has 1 aromatic rings. The first-order valence-corrected chi connectivity index (χ1v) is 3.85. The van der Waals surface area contributed by atoms with Crippen LogP contribution in [0.1, 0.15) is 5.56 Å². The molecule has 0 saturated heterocycles. The predicted octanol–water partition coefficient (Wildman–Crippen LogP) is 2.06. The quantitative estimate of drug-likeness (QED) is 0.426. The summed E-state index contributed by atoms with van der Waals surface area (Å²) in [5.74, 6) is 0. The maximum Gasteiger partial charge on any atom is 0.142 e. The van der Waals surface area contributed by atoms with Gasteiger partial charge in [-0.15, -0.1) is 0 Å². The number of aldehydes is 1. The van der Waals surface area contributed by atoms with E-state index in [9.17, 15) is 4.79 Å². The van der Waals surface area contributed by atoms with Crippen LogP contribution in [0.4, 0.5) is 0 Å². The minimum atomic E-state index is 0.738. The van der Waals surface area contributed by atoms with Gasteiger partial charge in [-0.3, -0.25) is 4.79 Å². The van der Waals surface area contributed by atoms with Crippen LogP contribution in [0.25, 0.3) is 6.08 Å². The Kier molecular flexibility index (Phi) is 2.98. The lowest BCUT2D eigenvalue weighted by atomic mass is 10.3. The van der Waals surface area contributed by atoms with Crippen LogP contribution in [0.2, 0.25) is 0 Å². The molecule has 0 N–H and O–H groups in total. The Morgan fingerprint density at radius 2 is 2.27 bits per heavy atom. The largest absolute Gasteiger partial charge is 0.299 e. The zero-order valence-electron chi connectivity index (χ0n) is 5.70. The zero-order chi connectivity index (χ0) is 8.10. The lowest BCUT2D eigenvalue weighted by Gasteiger charge is -1.90. The number of carbonyl (C=O) groups excluding carboxylic acids is 1. The van der Waals surface area contributed by atoms with E-state index >= 15 is 0 Å². The molecule has 0 saturated carbocycles. The number of rotatable bonds is 2. The highest BCUT2D eigenvalue weighted by molar-refractivity contribution is 9.10. The molecule has 1 rings (SSSR count). The van der Waals surface area contributed by atoms with E-state index in [0.29, 0.717) is 0 Å². The molecule has 0 atom stereocenters. The van der Waals surface area contributed by atoms with Crippen LogP contribution >= 0.6 is 15.9 Å². The molecule has 0 radical (unpaired) electrons. The van der Waals surface area contributed by atoms with Gasteiger partial charge in [-0.1, -0.05) is 12.1 Å². The molecule has 1 aromatic heterocycles. The third-order valence-electron chi connectivity index (χ3n) is 1.12. The summed E-state index contributed by atoms with van der Waals surface area (Å²) in [6.07, 6.45) is 5.56. The van der Waals surface area contributed by atoms with Crippen molar-refractivity contribution in [3.8, 4) is 0 Å². The molecular formula is C8H6BrNO. The molecular weight excluding hydrogens is 206 g/mol. The van der Waals surface area contributed by atoms with Crippen molar-refractivity contribution < 1.29 is 4.79 Å². The van der Waals surface area contributed by atoms with Gasteiger partial charge in [0.15, 0.2) is 0 Å². The van der Waals surface area contributed by atoms with Crippen molar-refractivity contribution in [2.24, 2.45) is 0 Å². The number of halogens is 1. The van der Waals surface area contributed by atoms with Crippen LogP contribution in [0.3, 0.4) is 0 Å². The molecule has 1 heterocycles. The van der Waals surface area contributed by atoms with Crippen molar-refractivity contribution in [2.45, 2.75) is 0 Å². The van der Waals surface area contributed by atoms with Crippen LogP contribution in [0, 0.1) is 0 Å². The number of pyridine rings is 1. The summed E-state index contributed by atoms with van der Waals surface area (Å²) in [4.78, 5) is 13.9. The second-order valence-electron chi connectivity index (χ2n) is 1.91. The molecule has 0 aliphatic carbocycles. The molecule has 0 aliphatic heterocycles. The maximum absolute atomic E-state index is 9.93. The molecule has 0 bridgehead atoms. The average Bonchev–Trinajstić information content (AvgIpc) is 2.04. The minimum Gasteiger partial charge on any atom is -0.299 e. The number of aromatic nitrogens is 1. The Hall–Kier alpha value is -0.960. The minimum absolute atomic E-state index is 0.738. The van der Waals surface area contributed by atoms with Gasteiger partial charge in [-0.25, -0.2) is 4.98 Å². The number of hydrogen-bond acceptors (Lipinski definition) is 2. The van der Waals surface area contributed by atoms with Crippen LogP contribution < -0.4 is 0 Å². The molecule has 0 fully saturated rings. The van der Waals surface area contributed by atoms with E-state index in [0.717, 1.165) is 16.5 Å². The molecule has 0 unspecified atom stereocenters. The lowest BCUT2D eigenvalue weighted by Crippen LogP contribution is -1.76. The Labute approximate surface area is 73.1 Å². The topological polar surface area (TPSA) is 30.0 Å². The highest BCUT2D eigenvalue weighted by atomic mass is 79.9. The summed E-state index contributed by atoms with van der Waals surface area (Å²) >= 11 is 3.21. The summed E-state index contributed by atoms with van der Waals surface area (Å²) in [6, 6.07) is 3.70. The fourth-order valence-electron chi connectivity index (χ4n) is 0.636. The van der Waals surface area contributed by atoms with E-state index in [2.05, 4.69) is 20.9 Å². The molecule has 2 nitrogen and oxygen atoms in total. The van der Waals surface area contributed by atoms with Crippen molar-refractivity contribution >= 4 is 28.3 Å². The van der Waals surface area contributed by atoms with Gasteiger partial charge >= 0.3 is 0 Å². The standard InChI is InChI=1S/C8H6BrNO/c9-8-4-3-7(6-10-8)2-1-5-11/h1-6H. The summed E-state index contributed by atoms with van der Waals surface area (Å²) < 4.78 is 0.792. The number of nitrogens with zero attached hydrogens (tertiary/aromatic N) is 1. The van der Waals surface area contributed by atoms with Gasteiger partial charge in [-0.05, 0) is 33.6 Å². The van der Waals surface area contributed by atoms with E-state index < -0.39 is 0 Å². The second-order valence-corrected chi connectivity index (χ2v) is 2.72. The van der Waals surface area contributed by atoms with Crippen LogP contribution in [-0.2, 0) is 4.79 Å². The van der Waals surface area contributed by atoms with Gasteiger partial charge in [0.1, 0.15) is 10.9 Å². The highest BCUT2D eigenvalue weighted by Gasteiger charge is 1.86. The van der Waals surface area contributed by atoms with Gasteiger partial charge < -0.3 is 0 Å². The maximum atomic E-state index is 9.93. The number of carbonyl (C=O) groups is 1. The van der Waals surface area contributed by atoms with Crippen LogP contribution in [-0.4, -0.2) is 11.3 Å². The van der Waals surface area contributed by atoms with Crippen molar-refractivity contribution in [3.63, 3.8) is 0 Å². The average molecular weight is 212 g/mol. The van der Waals surface area contributed by atoms with Gasteiger partial charge in [-0.2, -0.15) is 0 Å². The van der Waals surface area contributed by atoms with Crippen LogP contribution in [0.5, 0.6) is 0 Å². The van der Waals surface area contributed by atoms with Gasteiger partial charge in [0.25, 0.3) is 0 Å². The Bertz CT molecular complexity index is 266. The number of allylic oxidation sites excluding steroid dienone is 1. The Morgan fingerprint density at radius 3 is 2.82 bits per heavy atom. The van der Waals surface area contributed by atoms with E-state index in [1.165, 1.54) is 6.08 Å². The summed E-state index contributed by atoms with van der Waals surface area (Å²) in [5, 5.41) is 0. The van der Waals surface area contributed by atoms with Crippen molar-refractivity contribution in [2.75, 3.05) is 0 Å². The second kappa shape index (κ2) is 4.03. The molecule has 11 heavy (non-hydrogen) atoms. The lowest BCUT2D eigenvalue weighted by molar-refractivity contribution is -0.104. The summed E-state index contributed by atoms with van der Waals surface area (Å²) in [6.45, 7) is 0. The molecule has 3 heteroatoms. The first-order valence-electron chi connectivity index (χ1n) is 3.06. The normalized spacial score (nSPS) is 10.3. The first-order chi connectivity index (χ1) is 5.33. The smallest absolute Gasteiger partial charge is 0.142 e. The highest BCUT2D eigenvalue weighted by Crippen LogP contribution is 2.06. The van der Waals surface area contributed by atoms with Gasteiger partial charge in [0, 0.05) is 6.20 Å². The predicted molar refractivity (Wildman–Crippen MR) is 47.0 cm³/mol. The SMILES string of the molecule is O=CC=Cc1ccc(Br)nc1. The van der Waals surface area contributed by atoms with E-state index in [1.807, 2.05) is 12.1 Å². The van der Waals surface area contributed by atoms with Crippen LogP contribution in [0.15, 0.2) is 29.0 Å². The van der Waals surface area contributed by atoms with Crippen molar-refractivity contribution in [1.29, 1.82) is 0 Å². The van der Waals surface area contributed by atoms with E-state index in [-0.39, 0.29) is 0 Å². The molecule has 56 valence electrons. The zero-order valence-corrected chi connectivity index (χ0v) is 7.28. The molecule has 0 aliphatic rings. The number of hydrogen-bond donors (Lipinski definition) is 0. The summed E-state index contributed by atoms with van der Waals surface area (Å²) in [5.41, 5.74) is 0.917. The van der Waals surface area contributed by atoms with Gasteiger partial charge in [0.2, 0.25) is 0 Å².